The van der Waals surface area contributed by atoms with E-state index in [1.165, 1.54) is 25.7 Å². The van der Waals surface area contributed by atoms with Gasteiger partial charge in [-0.3, -0.25) is 9.59 Å². The minimum atomic E-state index is -0.0836. The zero-order valence-electron chi connectivity index (χ0n) is 12.5. The van der Waals surface area contributed by atoms with Gasteiger partial charge < -0.3 is 0 Å². The van der Waals surface area contributed by atoms with Crippen molar-refractivity contribution in [3.05, 3.63) is 24.3 Å². The molecule has 19 heavy (non-hydrogen) atoms. The molecule has 0 unspecified atom stereocenters. The molecule has 0 aliphatic heterocycles. The van der Waals surface area contributed by atoms with E-state index < -0.39 is 0 Å². The monoisotopic (exact) mass is 264 g/mol. The number of carbonyl (C=O) groups excluding carboxylic acids is 2. The van der Waals surface area contributed by atoms with E-state index in [9.17, 15) is 9.59 Å². The normalized spacial score (nSPS) is 11.5. The van der Waals surface area contributed by atoms with Gasteiger partial charge in [0.05, 0.1) is 6.42 Å². The van der Waals surface area contributed by atoms with Crippen LogP contribution in [-0.2, 0) is 9.59 Å². The Morgan fingerprint density at radius 3 is 1.53 bits per heavy atom. The average molecular weight is 264 g/mol. The second-order valence-corrected chi connectivity index (χ2v) is 4.91. The third-order valence-electron chi connectivity index (χ3n) is 2.90. The molecular formula is C17H28O2. The van der Waals surface area contributed by atoms with Gasteiger partial charge in [-0.15, -0.1) is 0 Å². The molecule has 0 N–H and O–H groups in total. The molecule has 0 radical (unpaired) electrons. The average Bonchev–Trinajstić information content (AvgIpc) is 2.38. The van der Waals surface area contributed by atoms with E-state index in [-0.39, 0.29) is 18.0 Å². The second-order valence-electron chi connectivity index (χ2n) is 4.91. The molecule has 0 aliphatic carbocycles. The van der Waals surface area contributed by atoms with Gasteiger partial charge in [0, 0.05) is 0 Å². The van der Waals surface area contributed by atoms with Crippen LogP contribution in [0.4, 0.5) is 0 Å². The summed E-state index contributed by atoms with van der Waals surface area (Å²) in [5.41, 5.74) is 0. The van der Waals surface area contributed by atoms with Crippen molar-refractivity contribution in [2.45, 2.75) is 71.6 Å². The maximum atomic E-state index is 11.5. The first-order valence-corrected chi connectivity index (χ1v) is 7.59. The van der Waals surface area contributed by atoms with Gasteiger partial charge in [0.15, 0.2) is 11.6 Å². The quantitative estimate of drug-likeness (QED) is 0.288. The van der Waals surface area contributed by atoms with Crippen LogP contribution in [0.3, 0.4) is 0 Å². The molecule has 108 valence electrons. The lowest BCUT2D eigenvalue weighted by molar-refractivity contribution is -0.121. The van der Waals surface area contributed by atoms with Crippen molar-refractivity contribution in [3.63, 3.8) is 0 Å². The summed E-state index contributed by atoms with van der Waals surface area (Å²) in [5.74, 6) is -0.167. The summed E-state index contributed by atoms with van der Waals surface area (Å²) in [6.45, 7) is 4.31. The maximum Gasteiger partial charge on any atom is 0.163 e. The van der Waals surface area contributed by atoms with Crippen LogP contribution in [0, 0.1) is 0 Å². The molecule has 0 fully saturated rings. The molecule has 0 atom stereocenters. The van der Waals surface area contributed by atoms with Gasteiger partial charge in [-0.2, -0.15) is 0 Å². The SMILES string of the molecule is CCCCC/C=C/C(=O)CC(=O)/C=C/CCCCC. The molecule has 0 aliphatic rings. The highest BCUT2D eigenvalue weighted by molar-refractivity contribution is 6.08. The first-order chi connectivity index (χ1) is 9.20. The summed E-state index contributed by atoms with van der Waals surface area (Å²) >= 11 is 0. The summed E-state index contributed by atoms with van der Waals surface area (Å²) < 4.78 is 0. The van der Waals surface area contributed by atoms with Crippen molar-refractivity contribution in [3.8, 4) is 0 Å². The summed E-state index contributed by atoms with van der Waals surface area (Å²) in [6, 6.07) is 0. The number of ketones is 2. The van der Waals surface area contributed by atoms with E-state index >= 15 is 0 Å². The molecule has 2 heteroatoms. The minimum absolute atomic E-state index is 0.00849. The van der Waals surface area contributed by atoms with Gasteiger partial charge in [-0.25, -0.2) is 0 Å². The molecule has 0 heterocycles. The Labute approximate surface area is 118 Å². The van der Waals surface area contributed by atoms with E-state index in [2.05, 4.69) is 13.8 Å². The molecule has 0 aromatic rings. The van der Waals surface area contributed by atoms with Crippen LogP contribution < -0.4 is 0 Å². The fraction of sp³-hybridized carbons (Fsp3) is 0.647. The number of hydrogen-bond acceptors (Lipinski definition) is 2. The van der Waals surface area contributed by atoms with E-state index in [0.29, 0.717) is 0 Å². The van der Waals surface area contributed by atoms with Crippen LogP contribution in [0.1, 0.15) is 71.6 Å². The lowest BCUT2D eigenvalue weighted by Crippen LogP contribution is -2.01. The molecule has 2 nitrogen and oxygen atoms in total. The highest BCUT2D eigenvalue weighted by Gasteiger charge is 2.02. The second kappa shape index (κ2) is 13.3. The van der Waals surface area contributed by atoms with E-state index in [1.54, 1.807) is 12.2 Å². The van der Waals surface area contributed by atoms with Crippen LogP contribution in [0.25, 0.3) is 0 Å². The standard InChI is InChI=1S/C17H28O2/c1-3-5-7-9-11-13-16(18)15-17(19)14-12-10-8-6-4-2/h11-14H,3-10,15H2,1-2H3/b13-11+,14-12+. The Balaban J connectivity index is 3.71. The minimum Gasteiger partial charge on any atom is -0.294 e. The molecule has 0 saturated carbocycles. The molecule has 0 bridgehead atoms. The van der Waals surface area contributed by atoms with Crippen molar-refractivity contribution in [1.29, 1.82) is 0 Å². The van der Waals surface area contributed by atoms with Gasteiger partial charge in [0.2, 0.25) is 0 Å². The fourth-order valence-corrected chi connectivity index (χ4v) is 1.74. The van der Waals surface area contributed by atoms with E-state index in [4.69, 9.17) is 0 Å². The first kappa shape index (κ1) is 17.8. The third kappa shape index (κ3) is 13.1. The smallest absolute Gasteiger partial charge is 0.163 e. The highest BCUT2D eigenvalue weighted by atomic mass is 16.1. The number of allylic oxidation sites excluding steroid dienone is 4. The molecule has 0 rings (SSSR count). The summed E-state index contributed by atoms with van der Waals surface area (Å²) in [6.07, 6.45) is 15.7. The Kier molecular flexibility index (Phi) is 12.4. The Hall–Kier alpha value is -1.18. The van der Waals surface area contributed by atoms with Crippen molar-refractivity contribution < 1.29 is 9.59 Å². The number of unbranched alkanes of at least 4 members (excludes halogenated alkanes) is 6. The lowest BCUT2D eigenvalue weighted by Gasteiger charge is -1.93. The highest BCUT2D eigenvalue weighted by Crippen LogP contribution is 2.02. The van der Waals surface area contributed by atoms with Gasteiger partial charge in [0.1, 0.15) is 0 Å². The van der Waals surface area contributed by atoms with Crippen LogP contribution in [0.5, 0.6) is 0 Å². The van der Waals surface area contributed by atoms with Crippen molar-refractivity contribution >= 4 is 11.6 Å². The molecular weight excluding hydrogens is 236 g/mol. The van der Waals surface area contributed by atoms with Gasteiger partial charge >= 0.3 is 0 Å². The van der Waals surface area contributed by atoms with E-state index in [0.717, 1.165) is 25.7 Å². The van der Waals surface area contributed by atoms with Gasteiger partial charge in [0.25, 0.3) is 0 Å². The third-order valence-corrected chi connectivity index (χ3v) is 2.90. The molecule has 0 aromatic carbocycles. The number of carbonyl (C=O) groups is 2. The predicted molar refractivity (Wildman–Crippen MR) is 81.2 cm³/mol. The van der Waals surface area contributed by atoms with Crippen LogP contribution in [0.15, 0.2) is 24.3 Å². The van der Waals surface area contributed by atoms with Crippen LogP contribution >= 0.6 is 0 Å². The summed E-state index contributed by atoms with van der Waals surface area (Å²) in [5, 5.41) is 0. The Morgan fingerprint density at radius 1 is 0.737 bits per heavy atom. The molecule has 0 spiro atoms. The topological polar surface area (TPSA) is 34.1 Å². The molecule has 0 amide bonds. The van der Waals surface area contributed by atoms with Crippen molar-refractivity contribution in [2.24, 2.45) is 0 Å². The van der Waals surface area contributed by atoms with Gasteiger partial charge in [-0.1, -0.05) is 51.7 Å². The van der Waals surface area contributed by atoms with Crippen LogP contribution in [-0.4, -0.2) is 11.6 Å². The zero-order chi connectivity index (χ0) is 14.3. The van der Waals surface area contributed by atoms with Crippen molar-refractivity contribution in [2.75, 3.05) is 0 Å². The number of rotatable bonds is 12. The predicted octanol–water partition coefficient (Wildman–Crippen LogP) is 4.79. The Morgan fingerprint density at radius 2 is 1.16 bits per heavy atom. The summed E-state index contributed by atoms with van der Waals surface area (Å²) in [4.78, 5) is 23.0. The molecule has 0 aromatic heterocycles. The van der Waals surface area contributed by atoms with E-state index in [1.807, 2.05) is 12.2 Å². The maximum absolute atomic E-state index is 11.5. The molecule has 0 saturated heterocycles. The first-order valence-electron chi connectivity index (χ1n) is 7.59. The Bertz CT molecular complexity index is 270. The van der Waals surface area contributed by atoms with Gasteiger partial charge in [-0.05, 0) is 37.8 Å². The van der Waals surface area contributed by atoms with Crippen LogP contribution in [0.2, 0.25) is 0 Å². The zero-order valence-corrected chi connectivity index (χ0v) is 12.5. The fourth-order valence-electron chi connectivity index (χ4n) is 1.74. The lowest BCUT2D eigenvalue weighted by atomic mass is 10.1. The van der Waals surface area contributed by atoms with Crippen molar-refractivity contribution in [1.82, 2.24) is 0 Å². The number of hydrogen-bond donors (Lipinski definition) is 0. The summed E-state index contributed by atoms with van der Waals surface area (Å²) in [7, 11) is 0. The largest absolute Gasteiger partial charge is 0.294 e.